The molecule has 6 nitrogen and oxygen atoms in total. The van der Waals surface area contributed by atoms with E-state index >= 15 is 0 Å². The lowest BCUT2D eigenvalue weighted by Crippen LogP contribution is -2.42. The Balaban J connectivity index is 2.34. The van der Waals surface area contributed by atoms with E-state index in [0.717, 1.165) is 25.7 Å². The summed E-state index contributed by atoms with van der Waals surface area (Å²) in [6, 6.07) is 4.21. The first-order valence-corrected chi connectivity index (χ1v) is 7.70. The Hall–Kier alpha value is -1.47. The molecule has 1 aromatic rings. The van der Waals surface area contributed by atoms with Crippen molar-refractivity contribution in [3.8, 4) is 0 Å². The summed E-state index contributed by atoms with van der Waals surface area (Å²) in [7, 11) is 0. The maximum atomic E-state index is 12.7. The predicted molar refractivity (Wildman–Crippen MR) is 81.2 cm³/mol. The highest BCUT2D eigenvalue weighted by Crippen LogP contribution is 2.30. The molecule has 0 aliphatic carbocycles. The third-order valence-corrected chi connectivity index (χ3v) is 4.59. The van der Waals surface area contributed by atoms with Crippen LogP contribution in [0.4, 0.5) is 5.69 Å². The van der Waals surface area contributed by atoms with Crippen molar-refractivity contribution in [1.82, 2.24) is 4.90 Å². The molecule has 7 heteroatoms. The van der Waals surface area contributed by atoms with Gasteiger partial charge in [-0.3, -0.25) is 14.9 Å². The summed E-state index contributed by atoms with van der Waals surface area (Å²) in [6.07, 6.45) is 3.64. The van der Waals surface area contributed by atoms with Gasteiger partial charge in [-0.2, -0.15) is 0 Å². The number of benzene rings is 1. The van der Waals surface area contributed by atoms with E-state index in [1.807, 2.05) is 0 Å². The number of carbonyl (C=O) groups is 1. The minimum atomic E-state index is -0.521. The SMILES string of the molecule is O=C(c1cccc([N+](=O)[O-])c1Br)N1CCCCCC1CO. The molecular weight excluding hydrogens is 340 g/mol. The van der Waals surface area contributed by atoms with Crippen molar-refractivity contribution in [2.24, 2.45) is 0 Å². The minimum absolute atomic E-state index is 0.0850. The highest BCUT2D eigenvalue weighted by atomic mass is 79.9. The number of aliphatic hydroxyl groups is 1. The Bertz CT molecular complexity index is 550. The van der Waals surface area contributed by atoms with Gasteiger partial charge in [0.05, 0.1) is 23.1 Å². The number of amides is 1. The lowest BCUT2D eigenvalue weighted by molar-refractivity contribution is -0.385. The Morgan fingerprint density at radius 1 is 1.43 bits per heavy atom. The number of carbonyl (C=O) groups excluding carboxylic acids is 1. The number of hydrogen-bond donors (Lipinski definition) is 1. The van der Waals surface area contributed by atoms with Crippen LogP contribution in [0.3, 0.4) is 0 Å². The van der Waals surface area contributed by atoms with E-state index < -0.39 is 4.92 Å². The maximum absolute atomic E-state index is 12.7. The Morgan fingerprint density at radius 2 is 2.19 bits per heavy atom. The van der Waals surface area contributed by atoms with Crippen LogP contribution in [0.2, 0.25) is 0 Å². The number of rotatable bonds is 3. The van der Waals surface area contributed by atoms with Crippen molar-refractivity contribution in [2.75, 3.05) is 13.2 Å². The number of likely N-dealkylation sites (tertiary alicyclic amines) is 1. The van der Waals surface area contributed by atoms with E-state index in [9.17, 15) is 20.0 Å². The largest absolute Gasteiger partial charge is 0.394 e. The average Bonchev–Trinajstić information content (AvgIpc) is 2.71. The zero-order valence-corrected chi connectivity index (χ0v) is 13.1. The van der Waals surface area contributed by atoms with Crippen LogP contribution in [0.15, 0.2) is 22.7 Å². The smallest absolute Gasteiger partial charge is 0.284 e. The van der Waals surface area contributed by atoms with Crippen molar-refractivity contribution < 1.29 is 14.8 Å². The number of nitro groups is 1. The van der Waals surface area contributed by atoms with Crippen molar-refractivity contribution in [3.63, 3.8) is 0 Å². The summed E-state index contributed by atoms with van der Waals surface area (Å²) in [6.45, 7) is 0.484. The standard InChI is InChI=1S/C14H17BrN2O4/c15-13-11(6-4-7-12(13)17(20)21)14(19)16-8-3-1-2-5-10(16)9-18/h4,6-7,10,18H,1-3,5,8-9H2. The first-order chi connectivity index (χ1) is 10.1. The summed E-state index contributed by atoms with van der Waals surface area (Å²) in [5.74, 6) is -0.272. The van der Waals surface area contributed by atoms with Crippen LogP contribution in [0.1, 0.15) is 36.0 Å². The molecule has 2 rings (SSSR count). The second kappa shape index (κ2) is 7.00. The third-order valence-electron chi connectivity index (χ3n) is 3.75. The monoisotopic (exact) mass is 356 g/mol. The van der Waals surface area contributed by atoms with Crippen molar-refractivity contribution in [3.05, 3.63) is 38.3 Å². The molecule has 1 saturated heterocycles. The van der Waals surface area contributed by atoms with Gasteiger partial charge < -0.3 is 10.0 Å². The van der Waals surface area contributed by atoms with Crippen LogP contribution in [0, 0.1) is 10.1 Å². The van der Waals surface area contributed by atoms with Crippen LogP contribution in [0.25, 0.3) is 0 Å². The molecule has 21 heavy (non-hydrogen) atoms. The lowest BCUT2D eigenvalue weighted by Gasteiger charge is -2.29. The highest BCUT2D eigenvalue weighted by molar-refractivity contribution is 9.10. The van der Waals surface area contributed by atoms with Crippen molar-refractivity contribution in [2.45, 2.75) is 31.7 Å². The summed E-state index contributed by atoms with van der Waals surface area (Å²) in [5, 5.41) is 20.4. The molecule has 0 saturated carbocycles. The number of nitro benzene ring substituents is 1. The molecule has 0 spiro atoms. The molecule has 1 amide bonds. The Morgan fingerprint density at radius 3 is 2.86 bits per heavy atom. The van der Waals surface area contributed by atoms with Gasteiger partial charge in [0.25, 0.3) is 11.6 Å². The number of halogens is 1. The molecule has 1 N–H and O–H groups in total. The minimum Gasteiger partial charge on any atom is -0.394 e. The van der Waals surface area contributed by atoms with Crippen LogP contribution >= 0.6 is 15.9 Å². The molecular formula is C14H17BrN2O4. The fourth-order valence-electron chi connectivity index (χ4n) is 2.62. The number of nitrogens with zero attached hydrogens (tertiary/aromatic N) is 2. The normalized spacial score (nSPS) is 19.1. The van der Waals surface area contributed by atoms with Gasteiger partial charge in [0.15, 0.2) is 0 Å². The molecule has 1 atom stereocenters. The quantitative estimate of drug-likeness (QED) is 0.666. The molecule has 0 radical (unpaired) electrons. The molecule has 1 aromatic carbocycles. The molecule has 1 heterocycles. The topological polar surface area (TPSA) is 83.7 Å². The van der Waals surface area contributed by atoms with E-state index in [2.05, 4.69) is 15.9 Å². The van der Waals surface area contributed by atoms with E-state index in [4.69, 9.17) is 0 Å². The summed E-state index contributed by atoms with van der Waals surface area (Å²) in [4.78, 5) is 24.8. The van der Waals surface area contributed by atoms with Gasteiger partial charge in [-0.1, -0.05) is 18.9 Å². The summed E-state index contributed by atoms with van der Waals surface area (Å²) >= 11 is 3.16. The molecule has 114 valence electrons. The van der Waals surface area contributed by atoms with Gasteiger partial charge in [0.2, 0.25) is 0 Å². The van der Waals surface area contributed by atoms with Crippen LogP contribution < -0.4 is 0 Å². The Kier molecular flexibility index (Phi) is 5.30. The zero-order chi connectivity index (χ0) is 15.4. The van der Waals surface area contributed by atoms with Gasteiger partial charge in [0, 0.05) is 12.6 Å². The molecule has 1 aliphatic heterocycles. The molecule has 1 aliphatic rings. The second-order valence-corrected chi connectivity index (χ2v) is 5.87. The van der Waals surface area contributed by atoms with Crippen LogP contribution in [-0.4, -0.2) is 40.0 Å². The van der Waals surface area contributed by atoms with Gasteiger partial charge in [-0.25, -0.2) is 0 Å². The van der Waals surface area contributed by atoms with Crippen molar-refractivity contribution >= 4 is 27.5 Å². The fraction of sp³-hybridized carbons (Fsp3) is 0.500. The fourth-order valence-corrected chi connectivity index (χ4v) is 3.19. The Labute approximate surface area is 131 Å². The van der Waals surface area contributed by atoms with Gasteiger partial charge in [0.1, 0.15) is 4.47 Å². The first kappa shape index (κ1) is 15.9. The van der Waals surface area contributed by atoms with E-state index in [0.29, 0.717) is 6.54 Å². The predicted octanol–water partition coefficient (Wildman–Crippen LogP) is 2.73. The highest BCUT2D eigenvalue weighted by Gasteiger charge is 2.28. The van der Waals surface area contributed by atoms with Crippen LogP contribution in [0.5, 0.6) is 0 Å². The lowest BCUT2D eigenvalue weighted by atomic mass is 10.1. The summed E-state index contributed by atoms with van der Waals surface area (Å²) in [5.41, 5.74) is 0.140. The van der Waals surface area contributed by atoms with Crippen LogP contribution in [-0.2, 0) is 0 Å². The van der Waals surface area contributed by atoms with Gasteiger partial charge >= 0.3 is 0 Å². The maximum Gasteiger partial charge on any atom is 0.284 e. The zero-order valence-electron chi connectivity index (χ0n) is 11.5. The number of aliphatic hydroxyl groups excluding tert-OH is 1. The molecule has 0 aromatic heterocycles. The second-order valence-electron chi connectivity index (χ2n) is 5.08. The number of hydrogen-bond acceptors (Lipinski definition) is 4. The summed E-state index contributed by atoms with van der Waals surface area (Å²) < 4.78 is 0.195. The molecule has 1 fully saturated rings. The molecule has 1 unspecified atom stereocenters. The van der Waals surface area contributed by atoms with E-state index in [-0.39, 0.29) is 34.3 Å². The van der Waals surface area contributed by atoms with Gasteiger partial charge in [-0.05, 0) is 34.8 Å². The van der Waals surface area contributed by atoms with Crippen molar-refractivity contribution in [1.29, 1.82) is 0 Å². The third kappa shape index (κ3) is 3.41. The first-order valence-electron chi connectivity index (χ1n) is 6.91. The van der Waals surface area contributed by atoms with E-state index in [1.165, 1.54) is 12.1 Å². The van der Waals surface area contributed by atoms with E-state index in [1.54, 1.807) is 11.0 Å². The average molecular weight is 357 g/mol. The molecule has 0 bridgehead atoms. The van der Waals surface area contributed by atoms with Gasteiger partial charge in [-0.15, -0.1) is 0 Å².